The van der Waals surface area contributed by atoms with Gasteiger partial charge in [0.2, 0.25) is 0 Å². The van der Waals surface area contributed by atoms with Gasteiger partial charge in [-0.3, -0.25) is 4.90 Å². The first-order chi connectivity index (χ1) is 10.6. The number of anilines is 1. The van der Waals surface area contributed by atoms with E-state index in [4.69, 9.17) is 9.47 Å². The molecule has 3 heterocycles. The minimum atomic E-state index is -0.340. The van der Waals surface area contributed by atoms with E-state index in [-0.39, 0.29) is 12.1 Å². The number of ether oxygens (including phenoxy) is 2. The molecule has 2 aromatic rings. The van der Waals surface area contributed by atoms with Crippen molar-refractivity contribution in [1.29, 1.82) is 0 Å². The first-order valence-corrected chi connectivity index (χ1v) is 7.88. The van der Waals surface area contributed by atoms with Crippen molar-refractivity contribution in [2.75, 3.05) is 18.1 Å². The second kappa shape index (κ2) is 5.01. The Kier molecular flexibility index (Phi) is 3.11. The number of halogens is 1. The van der Waals surface area contributed by atoms with E-state index in [2.05, 4.69) is 20.9 Å². The molecule has 22 heavy (non-hydrogen) atoms. The third-order valence-corrected chi connectivity index (χ3v) is 4.36. The Labute approximate surface area is 135 Å². The maximum absolute atomic E-state index is 11.9. The second-order valence-corrected chi connectivity index (χ2v) is 6.32. The number of cyclic esters (lactones) is 1. The number of rotatable bonds is 1. The maximum atomic E-state index is 11.9. The summed E-state index contributed by atoms with van der Waals surface area (Å²) in [5.74, 6) is 2.23. The summed E-state index contributed by atoms with van der Waals surface area (Å²) in [6.45, 7) is 3.59. The van der Waals surface area contributed by atoms with Gasteiger partial charge in [-0.2, -0.15) is 0 Å². The largest absolute Gasteiger partial charge is 0.491 e. The highest BCUT2D eigenvalue weighted by Crippen LogP contribution is 2.36. The number of fused-ring (bicyclic) bond motifs is 3. The van der Waals surface area contributed by atoms with Gasteiger partial charge < -0.3 is 14.0 Å². The Bertz CT molecular complexity index is 758. The minimum Gasteiger partial charge on any atom is -0.491 e. The van der Waals surface area contributed by atoms with Crippen molar-refractivity contribution < 1.29 is 14.3 Å². The summed E-state index contributed by atoms with van der Waals surface area (Å²) in [6.07, 6.45) is 1.55. The van der Waals surface area contributed by atoms with Gasteiger partial charge in [0, 0.05) is 10.7 Å². The van der Waals surface area contributed by atoms with Gasteiger partial charge in [0.25, 0.3) is 0 Å². The van der Waals surface area contributed by atoms with Crippen LogP contribution in [0.15, 0.2) is 28.9 Å². The van der Waals surface area contributed by atoms with Gasteiger partial charge >= 0.3 is 6.09 Å². The number of aromatic nitrogens is 2. The van der Waals surface area contributed by atoms with E-state index in [0.717, 1.165) is 21.6 Å². The van der Waals surface area contributed by atoms with Crippen LogP contribution in [0.2, 0.25) is 0 Å². The predicted molar refractivity (Wildman–Crippen MR) is 84.1 cm³/mol. The Balaban J connectivity index is 1.82. The van der Waals surface area contributed by atoms with Gasteiger partial charge in [-0.05, 0) is 25.1 Å². The Morgan fingerprint density at radius 1 is 1.36 bits per heavy atom. The molecule has 0 spiro atoms. The van der Waals surface area contributed by atoms with E-state index in [9.17, 15) is 4.79 Å². The molecule has 0 saturated carbocycles. The molecule has 4 rings (SSSR count). The van der Waals surface area contributed by atoms with Crippen molar-refractivity contribution in [2.24, 2.45) is 0 Å². The fourth-order valence-corrected chi connectivity index (χ4v) is 3.13. The number of hydrogen-bond acceptors (Lipinski definition) is 4. The summed E-state index contributed by atoms with van der Waals surface area (Å²) in [7, 11) is 0. The van der Waals surface area contributed by atoms with Crippen LogP contribution in [0.4, 0.5) is 10.6 Å². The molecule has 0 aliphatic carbocycles. The molecule has 1 aromatic heterocycles. The number of nitrogens with zero attached hydrogens (tertiary/aromatic N) is 3. The SMILES string of the molecule is CC1COC(=O)N1c1cn2c(n1)-c1ccc(Br)cc1OCC2. The second-order valence-electron chi connectivity index (χ2n) is 5.40. The van der Waals surface area contributed by atoms with Crippen molar-refractivity contribution in [2.45, 2.75) is 19.5 Å². The summed E-state index contributed by atoms with van der Waals surface area (Å²) in [5, 5.41) is 0. The Morgan fingerprint density at radius 3 is 3.00 bits per heavy atom. The molecule has 1 unspecified atom stereocenters. The van der Waals surface area contributed by atoms with Gasteiger partial charge in [0.05, 0.1) is 18.2 Å². The average molecular weight is 364 g/mol. The van der Waals surface area contributed by atoms with E-state index in [1.165, 1.54) is 0 Å². The number of imidazole rings is 1. The van der Waals surface area contributed by atoms with Crippen LogP contribution < -0.4 is 9.64 Å². The minimum absolute atomic E-state index is 0.00715. The number of benzene rings is 1. The molecule has 1 saturated heterocycles. The fourth-order valence-electron chi connectivity index (χ4n) is 2.79. The van der Waals surface area contributed by atoms with Gasteiger partial charge in [0.15, 0.2) is 5.82 Å². The van der Waals surface area contributed by atoms with Gasteiger partial charge in [-0.1, -0.05) is 15.9 Å². The van der Waals surface area contributed by atoms with Gasteiger partial charge in [-0.15, -0.1) is 0 Å². The van der Waals surface area contributed by atoms with Crippen LogP contribution in [-0.4, -0.2) is 34.9 Å². The molecule has 0 bridgehead atoms. The van der Waals surface area contributed by atoms with Crippen LogP contribution >= 0.6 is 15.9 Å². The highest BCUT2D eigenvalue weighted by atomic mass is 79.9. The van der Waals surface area contributed by atoms with Crippen molar-refractivity contribution >= 4 is 27.8 Å². The summed E-state index contributed by atoms with van der Waals surface area (Å²) in [5.41, 5.74) is 0.923. The third kappa shape index (κ3) is 2.08. The zero-order valence-corrected chi connectivity index (χ0v) is 13.5. The normalized spacial score (nSPS) is 20.0. The lowest BCUT2D eigenvalue weighted by Gasteiger charge is -2.14. The topological polar surface area (TPSA) is 56.6 Å². The smallest absolute Gasteiger partial charge is 0.415 e. The van der Waals surface area contributed by atoms with Crippen molar-refractivity contribution in [3.05, 3.63) is 28.9 Å². The zero-order chi connectivity index (χ0) is 15.3. The van der Waals surface area contributed by atoms with Crippen molar-refractivity contribution in [3.63, 3.8) is 0 Å². The number of carbonyl (C=O) groups excluding carboxylic acids is 1. The van der Waals surface area contributed by atoms with E-state index in [0.29, 0.717) is 25.6 Å². The molecule has 114 valence electrons. The summed E-state index contributed by atoms with van der Waals surface area (Å²) >= 11 is 3.45. The molecule has 1 amide bonds. The van der Waals surface area contributed by atoms with Crippen LogP contribution in [-0.2, 0) is 11.3 Å². The highest BCUT2D eigenvalue weighted by molar-refractivity contribution is 9.10. The molecular formula is C15H14BrN3O3. The van der Waals surface area contributed by atoms with E-state index >= 15 is 0 Å². The molecule has 7 heteroatoms. The van der Waals surface area contributed by atoms with Crippen LogP contribution in [0, 0.1) is 0 Å². The first kappa shape index (κ1) is 13.6. The first-order valence-electron chi connectivity index (χ1n) is 7.09. The predicted octanol–water partition coefficient (Wildman–Crippen LogP) is 3.05. The monoisotopic (exact) mass is 363 g/mol. The summed E-state index contributed by atoms with van der Waals surface area (Å²) in [4.78, 5) is 18.1. The standard InChI is InChI=1S/C15H14BrN3O3/c1-9-8-22-15(20)19(9)13-7-18-4-5-21-12-6-10(16)2-3-11(12)14(18)17-13/h2-3,6-7,9H,4-5,8H2,1H3. The molecule has 2 aliphatic heterocycles. The van der Waals surface area contributed by atoms with Gasteiger partial charge in [0.1, 0.15) is 24.8 Å². The van der Waals surface area contributed by atoms with E-state index < -0.39 is 0 Å². The summed E-state index contributed by atoms with van der Waals surface area (Å²) in [6, 6.07) is 5.86. The van der Waals surface area contributed by atoms with Gasteiger partial charge in [-0.25, -0.2) is 9.78 Å². The number of amides is 1. The molecule has 1 fully saturated rings. The molecule has 2 aliphatic rings. The third-order valence-electron chi connectivity index (χ3n) is 3.87. The molecule has 6 nitrogen and oxygen atoms in total. The Morgan fingerprint density at radius 2 is 2.23 bits per heavy atom. The average Bonchev–Trinajstić information content (AvgIpc) is 2.98. The molecule has 1 aromatic carbocycles. The molecule has 1 atom stereocenters. The van der Waals surface area contributed by atoms with E-state index in [1.54, 1.807) is 4.90 Å². The number of hydrogen-bond donors (Lipinski definition) is 0. The van der Waals surface area contributed by atoms with Crippen LogP contribution in [0.25, 0.3) is 11.4 Å². The Hall–Kier alpha value is -2.02. The number of carbonyl (C=O) groups is 1. The summed E-state index contributed by atoms with van der Waals surface area (Å²) < 4.78 is 13.8. The van der Waals surface area contributed by atoms with Crippen LogP contribution in [0.5, 0.6) is 5.75 Å². The fraction of sp³-hybridized carbons (Fsp3) is 0.333. The lowest BCUT2D eigenvalue weighted by molar-refractivity contribution is 0.179. The quantitative estimate of drug-likeness (QED) is 0.781. The van der Waals surface area contributed by atoms with Crippen molar-refractivity contribution in [3.8, 4) is 17.1 Å². The highest BCUT2D eigenvalue weighted by Gasteiger charge is 2.33. The lowest BCUT2D eigenvalue weighted by Crippen LogP contribution is -2.31. The molecule has 0 N–H and O–H groups in total. The van der Waals surface area contributed by atoms with Crippen molar-refractivity contribution in [1.82, 2.24) is 9.55 Å². The maximum Gasteiger partial charge on any atom is 0.415 e. The molecule has 0 radical (unpaired) electrons. The van der Waals surface area contributed by atoms with Crippen LogP contribution in [0.1, 0.15) is 6.92 Å². The molecular weight excluding hydrogens is 350 g/mol. The lowest BCUT2D eigenvalue weighted by atomic mass is 10.2. The van der Waals surface area contributed by atoms with Crippen LogP contribution in [0.3, 0.4) is 0 Å². The zero-order valence-electron chi connectivity index (χ0n) is 12.0. The van der Waals surface area contributed by atoms with E-state index in [1.807, 2.05) is 35.9 Å².